The van der Waals surface area contributed by atoms with Crippen LogP contribution in [0, 0.1) is 6.92 Å². The van der Waals surface area contributed by atoms with E-state index in [1.165, 1.54) is 11.1 Å². The van der Waals surface area contributed by atoms with Gasteiger partial charge < -0.3 is 9.67 Å². The fourth-order valence-corrected chi connectivity index (χ4v) is 2.78. The number of aromatic nitrogens is 3. The Morgan fingerprint density at radius 1 is 1.40 bits per heavy atom. The summed E-state index contributed by atoms with van der Waals surface area (Å²) in [6.07, 6.45) is 2.21. The first-order valence-electron chi connectivity index (χ1n) is 6.86. The fraction of sp³-hybridized carbons (Fsp3) is 0.400. The van der Waals surface area contributed by atoms with Gasteiger partial charge in [-0.25, -0.2) is 0 Å². The summed E-state index contributed by atoms with van der Waals surface area (Å²) in [5, 5.41) is 17.6. The van der Waals surface area contributed by atoms with Gasteiger partial charge in [0.2, 0.25) is 0 Å². The standard InChI is InChI=1S/C15H17N3O2/c1-10-5-2-3-6-11(10)9-13-16-17-14-12(15(19)20)7-4-8-18(13)14/h2-3,5-6,12H,4,7-9H2,1H3,(H,19,20). The number of aliphatic carboxylic acids is 1. The Kier molecular flexibility index (Phi) is 3.26. The number of rotatable bonds is 3. The van der Waals surface area contributed by atoms with Crippen LogP contribution in [-0.4, -0.2) is 25.8 Å². The van der Waals surface area contributed by atoms with Crippen molar-refractivity contribution in [3.8, 4) is 0 Å². The van der Waals surface area contributed by atoms with Crippen molar-refractivity contribution in [1.82, 2.24) is 14.8 Å². The van der Waals surface area contributed by atoms with Crippen LogP contribution in [0.25, 0.3) is 0 Å². The molecule has 0 amide bonds. The van der Waals surface area contributed by atoms with E-state index in [1.54, 1.807) is 0 Å². The second-order valence-electron chi connectivity index (χ2n) is 5.26. The van der Waals surface area contributed by atoms with Crippen molar-refractivity contribution < 1.29 is 9.90 Å². The number of carbonyl (C=O) groups is 1. The first-order valence-corrected chi connectivity index (χ1v) is 6.86. The van der Waals surface area contributed by atoms with E-state index in [9.17, 15) is 9.90 Å². The van der Waals surface area contributed by atoms with Gasteiger partial charge in [0.25, 0.3) is 0 Å². The van der Waals surface area contributed by atoms with Crippen molar-refractivity contribution in [3.05, 3.63) is 47.0 Å². The molecule has 5 heteroatoms. The first kappa shape index (κ1) is 12.8. The summed E-state index contributed by atoms with van der Waals surface area (Å²) in [6.45, 7) is 2.89. The van der Waals surface area contributed by atoms with Gasteiger partial charge in [0, 0.05) is 13.0 Å². The molecule has 104 valence electrons. The number of aryl methyl sites for hydroxylation is 1. The predicted molar refractivity (Wildman–Crippen MR) is 73.6 cm³/mol. The number of fused-ring (bicyclic) bond motifs is 1. The Balaban J connectivity index is 1.93. The maximum Gasteiger partial charge on any atom is 0.314 e. The third-order valence-electron chi connectivity index (χ3n) is 3.95. The molecule has 1 aliphatic rings. The van der Waals surface area contributed by atoms with E-state index >= 15 is 0 Å². The average Bonchev–Trinajstić information content (AvgIpc) is 2.84. The molecule has 0 aliphatic carbocycles. The second kappa shape index (κ2) is 5.07. The molecule has 2 heterocycles. The topological polar surface area (TPSA) is 68.0 Å². The van der Waals surface area contributed by atoms with Crippen LogP contribution >= 0.6 is 0 Å². The highest BCUT2D eigenvalue weighted by Crippen LogP contribution is 2.27. The van der Waals surface area contributed by atoms with Crippen LogP contribution in [0.3, 0.4) is 0 Å². The largest absolute Gasteiger partial charge is 0.481 e. The predicted octanol–water partition coefficient (Wildman–Crippen LogP) is 2.14. The van der Waals surface area contributed by atoms with Crippen molar-refractivity contribution in [3.63, 3.8) is 0 Å². The normalized spacial score (nSPS) is 17.8. The number of carboxylic acid groups (broad SMARTS) is 1. The van der Waals surface area contributed by atoms with E-state index < -0.39 is 11.9 Å². The lowest BCUT2D eigenvalue weighted by Crippen LogP contribution is -2.23. The van der Waals surface area contributed by atoms with Crippen molar-refractivity contribution in [2.75, 3.05) is 0 Å². The molecule has 20 heavy (non-hydrogen) atoms. The van der Waals surface area contributed by atoms with Gasteiger partial charge in [0.15, 0.2) is 0 Å². The average molecular weight is 271 g/mol. The lowest BCUT2D eigenvalue weighted by molar-refractivity contribution is -0.139. The third kappa shape index (κ3) is 2.19. The summed E-state index contributed by atoms with van der Waals surface area (Å²) in [6, 6.07) is 8.17. The fourth-order valence-electron chi connectivity index (χ4n) is 2.78. The highest BCUT2D eigenvalue weighted by molar-refractivity contribution is 5.75. The zero-order chi connectivity index (χ0) is 14.1. The molecule has 0 saturated heterocycles. The molecule has 0 saturated carbocycles. The summed E-state index contributed by atoms with van der Waals surface area (Å²) in [5.41, 5.74) is 2.43. The molecular formula is C15H17N3O2. The number of nitrogens with zero attached hydrogens (tertiary/aromatic N) is 3. The molecule has 1 aromatic carbocycles. The van der Waals surface area contributed by atoms with E-state index in [1.807, 2.05) is 16.7 Å². The Morgan fingerprint density at radius 3 is 2.95 bits per heavy atom. The SMILES string of the molecule is Cc1ccccc1Cc1nnc2n1CCCC2C(=O)O. The molecule has 0 radical (unpaired) electrons. The zero-order valence-electron chi connectivity index (χ0n) is 11.4. The van der Waals surface area contributed by atoms with E-state index in [0.29, 0.717) is 18.7 Å². The van der Waals surface area contributed by atoms with Gasteiger partial charge in [-0.15, -0.1) is 10.2 Å². The maximum atomic E-state index is 11.3. The smallest absolute Gasteiger partial charge is 0.314 e. The monoisotopic (exact) mass is 271 g/mol. The molecule has 2 aromatic rings. The van der Waals surface area contributed by atoms with E-state index in [2.05, 4.69) is 29.3 Å². The molecule has 0 fully saturated rings. The van der Waals surface area contributed by atoms with Gasteiger partial charge in [-0.2, -0.15) is 0 Å². The molecule has 1 aromatic heterocycles. The van der Waals surface area contributed by atoms with Crippen LogP contribution in [0.1, 0.15) is 41.5 Å². The molecule has 1 unspecified atom stereocenters. The van der Waals surface area contributed by atoms with E-state index in [4.69, 9.17) is 0 Å². The van der Waals surface area contributed by atoms with Crippen LogP contribution in [0.15, 0.2) is 24.3 Å². The van der Waals surface area contributed by atoms with Crippen LogP contribution in [0.2, 0.25) is 0 Å². The third-order valence-corrected chi connectivity index (χ3v) is 3.95. The molecule has 1 aliphatic heterocycles. The van der Waals surface area contributed by atoms with Gasteiger partial charge >= 0.3 is 5.97 Å². The highest BCUT2D eigenvalue weighted by Gasteiger charge is 2.30. The van der Waals surface area contributed by atoms with Gasteiger partial charge in [0.1, 0.15) is 17.6 Å². The van der Waals surface area contributed by atoms with Gasteiger partial charge in [-0.3, -0.25) is 4.79 Å². The van der Waals surface area contributed by atoms with Crippen LogP contribution in [0.4, 0.5) is 0 Å². The summed E-state index contributed by atoms with van der Waals surface area (Å²) < 4.78 is 1.98. The minimum Gasteiger partial charge on any atom is -0.481 e. The highest BCUT2D eigenvalue weighted by atomic mass is 16.4. The molecule has 1 N–H and O–H groups in total. The van der Waals surface area contributed by atoms with Crippen LogP contribution in [0.5, 0.6) is 0 Å². The minimum atomic E-state index is -0.805. The number of carboxylic acids is 1. The Hall–Kier alpha value is -2.17. The lowest BCUT2D eigenvalue weighted by Gasteiger charge is -2.20. The maximum absolute atomic E-state index is 11.3. The zero-order valence-corrected chi connectivity index (χ0v) is 11.4. The van der Waals surface area contributed by atoms with Crippen LogP contribution < -0.4 is 0 Å². The van der Waals surface area contributed by atoms with Crippen molar-refractivity contribution in [2.45, 2.75) is 38.6 Å². The Morgan fingerprint density at radius 2 is 2.20 bits per heavy atom. The Bertz CT molecular complexity index is 648. The molecule has 1 atom stereocenters. The van der Waals surface area contributed by atoms with Gasteiger partial charge in [-0.05, 0) is 30.9 Å². The lowest BCUT2D eigenvalue weighted by atomic mass is 9.98. The number of hydrogen-bond acceptors (Lipinski definition) is 3. The summed E-state index contributed by atoms with van der Waals surface area (Å²) in [7, 11) is 0. The van der Waals surface area contributed by atoms with E-state index in [0.717, 1.165) is 18.8 Å². The number of hydrogen-bond donors (Lipinski definition) is 1. The van der Waals surface area contributed by atoms with Gasteiger partial charge in [0.05, 0.1) is 0 Å². The summed E-state index contributed by atoms with van der Waals surface area (Å²) in [5.74, 6) is 0.148. The van der Waals surface area contributed by atoms with Gasteiger partial charge in [-0.1, -0.05) is 24.3 Å². The first-order chi connectivity index (χ1) is 9.66. The minimum absolute atomic E-state index is 0.512. The quantitative estimate of drug-likeness (QED) is 0.928. The van der Waals surface area contributed by atoms with Crippen molar-refractivity contribution in [1.29, 1.82) is 0 Å². The molecule has 3 rings (SSSR count). The van der Waals surface area contributed by atoms with E-state index in [-0.39, 0.29) is 0 Å². The summed E-state index contributed by atoms with van der Waals surface area (Å²) in [4.78, 5) is 11.3. The van der Waals surface area contributed by atoms with Crippen molar-refractivity contribution >= 4 is 5.97 Å². The molecule has 0 spiro atoms. The van der Waals surface area contributed by atoms with Crippen LogP contribution in [-0.2, 0) is 17.8 Å². The molecule has 0 bridgehead atoms. The Labute approximate surface area is 117 Å². The molecule has 5 nitrogen and oxygen atoms in total. The second-order valence-corrected chi connectivity index (χ2v) is 5.26. The molecular weight excluding hydrogens is 254 g/mol. The number of benzene rings is 1. The van der Waals surface area contributed by atoms with Crippen molar-refractivity contribution in [2.24, 2.45) is 0 Å². The summed E-state index contributed by atoms with van der Waals surface area (Å²) >= 11 is 0.